The van der Waals surface area contributed by atoms with Crippen molar-refractivity contribution in [2.24, 2.45) is 7.05 Å². The van der Waals surface area contributed by atoms with Gasteiger partial charge in [-0.15, -0.1) is 11.3 Å². The lowest BCUT2D eigenvalue weighted by Gasteiger charge is -2.13. The van der Waals surface area contributed by atoms with Crippen molar-refractivity contribution in [2.45, 2.75) is 60.8 Å². The van der Waals surface area contributed by atoms with Crippen LogP contribution in [0.3, 0.4) is 0 Å². The third-order valence-electron chi connectivity index (χ3n) is 7.13. The van der Waals surface area contributed by atoms with Crippen LogP contribution in [0.2, 0.25) is 0 Å². The maximum Gasteiger partial charge on any atom is 0.0477 e. The molecule has 0 atom stereocenters. The molecule has 0 spiro atoms. The van der Waals surface area contributed by atoms with Gasteiger partial charge in [-0.25, -0.2) is 0 Å². The van der Waals surface area contributed by atoms with Crippen LogP contribution in [0, 0.1) is 20.8 Å². The van der Waals surface area contributed by atoms with Crippen LogP contribution in [-0.2, 0) is 13.5 Å². The van der Waals surface area contributed by atoms with E-state index < -0.39 is 0 Å². The summed E-state index contributed by atoms with van der Waals surface area (Å²) >= 11 is 1.88. The summed E-state index contributed by atoms with van der Waals surface area (Å²) in [5.74, 6) is 0. The van der Waals surface area contributed by atoms with Crippen LogP contribution < -0.4 is 0 Å². The molecule has 1 aliphatic rings. The molecule has 0 amide bonds. The highest BCUT2D eigenvalue weighted by Gasteiger charge is 2.07. The molecule has 6 aromatic rings. The summed E-state index contributed by atoms with van der Waals surface area (Å²) in [7, 11) is 2.07. The second-order valence-electron chi connectivity index (χ2n) is 10.9. The van der Waals surface area contributed by atoms with E-state index in [1.807, 2.05) is 11.3 Å². The highest BCUT2D eigenvalue weighted by atomic mass is 32.1. The number of hydrogen-bond donors (Lipinski definition) is 0. The summed E-state index contributed by atoms with van der Waals surface area (Å²) in [6.07, 6.45) is 8.09. The Bertz CT molecular complexity index is 1690. The van der Waals surface area contributed by atoms with E-state index in [1.54, 1.807) is 0 Å². The van der Waals surface area contributed by atoms with Gasteiger partial charge in [-0.3, -0.25) is 0 Å². The van der Waals surface area contributed by atoms with Gasteiger partial charge < -0.3 is 4.57 Å². The maximum atomic E-state index is 2.32. The van der Waals surface area contributed by atoms with E-state index >= 15 is 0 Å². The molecule has 1 nitrogen and oxygen atoms in total. The molecule has 2 heterocycles. The molecule has 40 heavy (non-hydrogen) atoms. The van der Waals surface area contributed by atoms with Gasteiger partial charge >= 0.3 is 0 Å². The van der Waals surface area contributed by atoms with Crippen molar-refractivity contribution in [3.8, 4) is 0 Å². The van der Waals surface area contributed by atoms with Crippen molar-refractivity contribution in [2.75, 3.05) is 0 Å². The highest BCUT2D eigenvalue weighted by Crippen LogP contribution is 2.34. The van der Waals surface area contributed by atoms with Crippen molar-refractivity contribution >= 4 is 48.0 Å². The lowest BCUT2D eigenvalue weighted by atomic mass is 9.92. The van der Waals surface area contributed by atoms with Crippen LogP contribution in [0.5, 0.6) is 0 Å². The van der Waals surface area contributed by atoms with Crippen LogP contribution >= 0.6 is 11.3 Å². The van der Waals surface area contributed by atoms with E-state index in [0.717, 1.165) is 0 Å². The summed E-state index contributed by atoms with van der Waals surface area (Å²) in [6.45, 7) is 12.9. The van der Waals surface area contributed by atoms with Crippen LogP contribution in [-0.4, -0.2) is 4.57 Å². The van der Waals surface area contributed by atoms with E-state index in [4.69, 9.17) is 0 Å². The minimum Gasteiger partial charge on any atom is -0.351 e. The van der Waals surface area contributed by atoms with Crippen LogP contribution in [0.4, 0.5) is 0 Å². The van der Waals surface area contributed by atoms with E-state index in [1.165, 1.54) is 83.7 Å². The lowest BCUT2D eigenvalue weighted by molar-refractivity contribution is 0.969. The second kappa shape index (κ2) is 13.6. The zero-order valence-corrected chi connectivity index (χ0v) is 26.0. The Kier molecular flexibility index (Phi) is 10.0. The topological polar surface area (TPSA) is 4.93 Å². The average Bonchev–Trinajstić information content (AvgIpc) is 3.49. The molecule has 4 aromatic carbocycles. The molecule has 0 saturated carbocycles. The number of allylic oxidation sites excluding steroid dienone is 2. The van der Waals surface area contributed by atoms with E-state index in [9.17, 15) is 0 Å². The molecule has 1 aliphatic carbocycles. The average molecular weight is 546 g/mol. The SMILES string of the molecule is CC1=CCCc2ccccc21.CCC.Cc1ccc2c(ccn2C)c1.Cc1ccc2sc3ccc(C)cc3c2c1. The number of aromatic nitrogens is 1. The molecule has 2 heteroatoms. The fourth-order valence-electron chi connectivity index (χ4n) is 5.08. The zero-order valence-electron chi connectivity index (χ0n) is 25.2. The standard InChI is InChI=1S/C14H12S.C11H12.C10H11N.C3H8/c1-9-3-5-13-11(7-9)12-8-10(2)4-6-14(12)15-13;1-9-5-4-7-10-6-2-3-8-11(9)10;1-8-3-4-10-9(7-8)5-6-11(10)2;1-3-2/h3-8H,1-2H3;2-3,5-6,8H,4,7H2,1H3;3-7H,1-2H3;3H2,1-2H3. The van der Waals surface area contributed by atoms with Crippen molar-refractivity contribution in [3.05, 3.63) is 125 Å². The van der Waals surface area contributed by atoms with Gasteiger partial charge in [-0.05, 0) is 105 Å². The maximum absolute atomic E-state index is 2.32. The number of rotatable bonds is 0. The fraction of sp³-hybridized carbons (Fsp3) is 0.263. The predicted molar refractivity (Wildman–Crippen MR) is 181 cm³/mol. The van der Waals surface area contributed by atoms with E-state index in [-0.39, 0.29) is 0 Å². The Hall–Kier alpha value is -3.62. The largest absolute Gasteiger partial charge is 0.351 e. The van der Waals surface area contributed by atoms with Crippen molar-refractivity contribution in [3.63, 3.8) is 0 Å². The monoisotopic (exact) mass is 545 g/mol. The van der Waals surface area contributed by atoms with E-state index in [2.05, 4.69) is 150 Å². The Balaban J connectivity index is 0.000000134. The van der Waals surface area contributed by atoms with Gasteiger partial charge in [-0.2, -0.15) is 0 Å². The van der Waals surface area contributed by atoms with E-state index in [0.29, 0.717) is 0 Å². The number of aryl methyl sites for hydroxylation is 5. The van der Waals surface area contributed by atoms with Crippen LogP contribution in [0.15, 0.2) is 97.2 Å². The first-order chi connectivity index (χ1) is 19.3. The molecule has 7 rings (SSSR count). The van der Waals surface area contributed by atoms with Crippen molar-refractivity contribution in [1.29, 1.82) is 0 Å². The molecule has 0 N–H and O–H groups in total. The van der Waals surface area contributed by atoms with Gasteiger partial charge in [0.25, 0.3) is 0 Å². The third kappa shape index (κ3) is 7.11. The summed E-state index contributed by atoms with van der Waals surface area (Å²) in [6, 6.07) is 30.7. The lowest BCUT2D eigenvalue weighted by Crippen LogP contribution is -1.96. The number of nitrogens with zero attached hydrogens (tertiary/aromatic N) is 1. The molecule has 0 unspecified atom stereocenters. The molecule has 0 aliphatic heterocycles. The number of benzene rings is 4. The zero-order chi connectivity index (χ0) is 28.6. The van der Waals surface area contributed by atoms with Crippen LogP contribution in [0.1, 0.15) is 61.4 Å². The Morgan fingerprint density at radius 3 is 1.90 bits per heavy atom. The molecular weight excluding hydrogens is 502 g/mol. The highest BCUT2D eigenvalue weighted by molar-refractivity contribution is 7.25. The predicted octanol–water partition coefficient (Wildman–Crippen LogP) is 11.6. The second-order valence-corrected chi connectivity index (χ2v) is 12.0. The third-order valence-corrected chi connectivity index (χ3v) is 8.28. The Labute approximate surface area is 244 Å². The van der Waals surface area contributed by atoms with Gasteiger partial charge in [0.1, 0.15) is 0 Å². The first-order valence-corrected chi connectivity index (χ1v) is 15.3. The Morgan fingerprint density at radius 2 is 1.27 bits per heavy atom. The molecule has 206 valence electrons. The molecule has 0 bridgehead atoms. The summed E-state index contributed by atoms with van der Waals surface area (Å²) in [4.78, 5) is 0. The molecule has 0 saturated heterocycles. The van der Waals surface area contributed by atoms with Crippen molar-refractivity contribution in [1.82, 2.24) is 4.57 Å². The number of hydrogen-bond acceptors (Lipinski definition) is 1. The van der Waals surface area contributed by atoms with Gasteiger partial charge in [-0.1, -0.05) is 85.5 Å². The van der Waals surface area contributed by atoms with Crippen molar-refractivity contribution < 1.29 is 0 Å². The van der Waals surface area contributed by atoms with Gasteiger partial charge in [0.15, 0.2) is 0 Å². The summed E-state index contributed by atoms with van der Waals surface area (Å²) < 4.78 is 4.91. The first-order valence-electron chi connectivity index (χ1n) is 14.5. The van der Waals surface area contributed by atoms with Crippen LogP contribution in [0.25, 0.3) is 36.6 Å². The number of fused-ring (bicyclic) bond motifs is 5. The van der Waals surface area contributed by atoms with Gasteiger partial charge in [0.05, 0.1) is 0 Å². The van der Waals surface area contributed by atoms with Gasteiger partial charge in [0, 0.05) is 38.9 Å². The molecular formula is C38H43NS. The summed E-state index contributed by atoms with van der Waals surface area (Å²) in [5, 5.41) is 4.13. The minimum atomic E-state index is 1.21. The quantitative estimate of drug-likeness (QED) is 0.179. The Morgan fingerprint density at radius 1 is 0.700 bits per heavy atom. The smallest absolute Gasteiger partial charge is 0.0477 e. The molecule has 0 fully saturated rings. The first kappa shape index (κ1) is 29.4. The van der Waals surface area contributed by atoms with Gasteiger partial charge in [0.2, 0.25) is 0 Å². The summed E-state index contributed by atoms with van der Waals surface area (Å²) in [5.41, 5.74) is 9.69. The minimum absolute atomic E-state index is 1.21. The molecule has 2 aromatic heterocycles. The normalized spacial score (nSPS) is 11.9. The molecule has 0 radical (unpaired) electrons. The number of thiophene rings is 1. The fourth-order valence-corrected chi connectivity index (χ4v) is 6.15.